The minimum atomic E-state index is -3.66. The molecule has 1 aromatic rings. The number of aliphatic hydroxyl groups excluding tert-OH is 1. The molecule has 0 aromatic heterocycles. The van der Waals surface area contributed by atoms with E-state index in [4.69, 9.17) is 4.74 Å². The van der Waals surface area contributed by atoms with E-state index in [9.17, 15) is 13.5 Å². The van der Waals surface area contributed by atoms with Gasteiger partial charge in [-0.1, -0.05) is 12.1 Å². The molecule has 0 aliphatic carbocycles. The van der Waals surface area contributed by atoms with Crippen molar-refractivity contribution in [2.75, 3.05) is 26.8 Å². The monoisotopic (exact) mass is 339 g/mol. The molecule has 0 saturated carbocycles. The molecule has 0 amide bonds. The first-order valence-electron chi connectivity index (χ1n) is 7.75. The third-order valence-corrected chi connectivity index (χ3v) is 6.34. The molecule has 1 saturated heterocycles. The van der Waals surface area contributed by atoms with Gasteiger partial charge in [-0.3, -0.25) is 0 Å². The molecule has 5 nitrogen and oxygen atoms in total. The van der Waals surface area contributed by atoms with E-state index in [0.717, 1.165) is 18.4 Å². The normalized spacial score (nSPS) is 22.7. The van der Waals surface area contributed by atoms with E-state index in [0.29, 0.717) is 25.3 Å². The van der Waals surface area contributed by atoms with Crippen LogP contribution in [0.1, 0.15) is 24.8 Å². The molecule has 23 heavy (non-hydrogen) atoms. The number of benzene rings is 1. The molecule has 1 aromatic carbocycles. The van der Waals surface area contributed by atoms with Crippen LogP contribution in [-0.4, -0.2) is 44.6 Å². The second-order valence-electron chi connectivity index (χ2n) is 6.25. The minimum Gasteiger partial charge on any atom is -0.495 e. The van der Waals surface area contributed by atoms with Crippen LogP contribution in [0.2, 0.25) is 0 Å². The number of nitrogens with zero attached hydrogens (tertiary/aromatic N) is 1. The molecule has 1 heterocycles. The van der Waals surface area contributed by atoms with Crippen molar-refractivity contribution in [3.8, 4) is 5.75 Å². The van der Waals surface area contributed by atoms with Crippen molar-refractivity contribution in [1.29, 1.82) is 0 Å². The van der Waals surface area contributed by atoms with Crippen molar-refractivity contribution in [2.45, 2.75) is 31.1 Å². The maximum atomic E-state index is 13.1. The van der Waals surface area contributed by atoms with Crippen LogP contribution in [0.5, 0.6) is 5.75 Å². The highest BCUT2D eigenvalue weighted by atomic mass is 32.2. The van der Waals surface area contributed by atoms with Gasteiger partial charge in [0.2, 0.25) is 10.0 Å². The zero-order valence-corrected chi connectivity index (χ0v) is 14.6. The number of ether oxygens (including phenoxy) is 1. The van der Waals surface area contributed by atoms with Gasteiger partial charge in [0, 0.05) is 18.5 Å². The second kappa shape index (κ2) is 7.03. The second-order valence-corrected chi connectivity index (χ2v) is 8.15. The van der Waals surface area contributed by atoms with Gasteiger partial charge in [-0.15, -0.1) is 6.58 Å². The number of hydrogen-bond donors (Lipinski definition) is 1. The number of methoxy groups -OCH3 is 1. The lowest BCUT2D eigenvalue weighted by molar-refractivity contribution is 0.0669. The molecular weight excluding hydrogens is 314 g/mol. The summed E-state index contributed by atoms with van der Waals surface area (Å²) in [5, 5.41) is 9.78. The molecule has 2 rings (SSSR count). The fourth-order valence-corrected chi connectivity index (χ4v) is 4.99. The van der Waals surface area contributed by atoms with E-state index in [1.54, 1.807) is 18.2 Å². The van der Waals surface area contributed by atoms with Gasteiger partial charge >= 0.3 is 0 Å². The van der Waals surface area contributed by atoms with E-state index in [1.165, 1.54) is 11.4 Å². The summed E-state index contributed by atoms with van der Waals surface area (Å²) < 4.78 is 32.8. The van der Waals surface area contributed by atoms with Crippen LogP contribution in [0.3, 0.4) is 0 Å². The number of sulfonamides is 1. The summed E-state index contributed by atoms with van der Waals surface area (Å²) in [4.78, 5) is 0.187. The fraction of sp³-hybridized carbons (Fsp3) is 0.529. The van der Waals surface area contributed by atoms with Crippen LogP contribution >= 0.6 is 0 Å². The van der Waals surface area contributed by atoms with Crippen molar-refractivity contribution in [1.82, 2.24) is 4.31 Å². The molecule has 0 radical (unpaired) electrons. The maximum Gasteiger partial charge on any atom is 0.246 e. The molecule has 1 N–H and O–H groups in total. The molecular formula is C17H25NO4S. The van der Waals surface area contributed by atoms with E-state index in [-0.39, 0.29) is 11.5 Å². The van der Waals surface area contributed by atoms with Gasteiger partial charge in [-0.2, -0.15) is 4.31 Å². The molecule has 0 spiro atoms. The van der Waals surface area contributed by atoms with Gasteiger partial charge in [0.1, 0.15) is 10.6 Å². The predicted octanol–water partition coefficient (Wildman–Crippen LogP) is 2.34. The molecule has 1 atom stereocenters. The predicted molar refractivity (Wildman–Crippen MR) is 90.1 cm³/mol. The summed E-state index contributed by atoms with van der Waals surface area (Å²) >= 11 is 0. The first-order valence-corrected chi connectivity index (χ1v) is 9.19. The standard InChI is InChI=1S/C17H25NO4S/c1-4-8-17(13-19)9-5-10-18(12-17)23(20,21)16-11-14(2)6-7-15(16)22-3/h4,6-7,11,19H,1,5,8-10,12-13H2,2-3H3/t17-/m0/s1. The lowest BCUT2D eigenvalue weighted by atomic mass is 9.79. The summed E-state index contributed by atoms with van der Waals surface area (Å²) in [7, 11) is -2.20. The Bertz CT molecular complexity index is 671. The molecule has 1 fully saturated rings. The highest BCUT2D eigenvalue weighted by Gasteiger charge is 2.39. The Labute approximate surface area is 138 Å². The van der Waals surface area contributed by atoms with Crippen LogP contribution in [0.15, 0.2) is 35.7 Å². The van der Waals surface area contributed by atoms with Crippen molar-refractivity contribution in [3.05, 3.63) is 36.4 Å². The Kier molecular flexibility index (Phi) is 5.49. The third-order valence-electron chi connectivity index (χ3n) is 4.48. The summed E-state index contributed by atoms with van der Waals surface area (Å²) in [6, 6.07) is 5.13. The average Bonchev–Trinajstić information content (AvgIpc) is 2.55. The number of aryl methyl sites for hydroxylation is 1. The maximum absolute atomic E-state index is 13.1. The SMILES string of the molecule is C=CC[C@]1(CO)CCCN(S(=O)(=O)c2cc(C)ccc2OC)C1. The first-order chi connectivity index (χ1) is 10.9. The number of aliphatic hydroxyl groups is 1. The summed E-state index contributed by atoms with van der Waals surface area (Å²) in [6.45, 7) is 6.30. The summed E-state index contributed by atoms with van der Waals surface area (Å²) in [6.07, 6.45) is 3.87. The van der Waals surface area contributed by atoms with E-state index in [2.05, 4.69) is 6.58 Å². The van der Waals surface area contributed by atoms with Crippen LogP contribution in [0.4, 0.5) is 0 Å². The third kappa shape index (κ3) is 3.59. The first kappa shape index (κ1) is 18.0. The Balaban J connectivity index is 2.40. The number of allylic oxidation sites excluding steroid dienone is 1. The van der Waals surface area contributed by atoms with Gasteiger partial charge in [0.15, 0.2) is 0 Å². The van der Waals surface area contributed by atoms with E-state index < -0.39 is 15.4 Å². The Morgan fingerprint density at radius 3 is 2.83 bits per heavy atom. The Morgan fingerprint density at radius 1 is 1.48 bits per heavy atom. The van der Waals surface area contributed by atoms with E-state index in [1.807, 2.05) is 13.0 Å². The quantitative estimate of drug-likeness (QED) is 0.808. The summed E-state index contributed by atoms with van der Waals surface area (Å²) in [5.41, 5.74) is 0.422. The van der Waals surface area contributed by atoms with Gasteiger partial charge in [0.05, 0.1) is 13.7 Å². The lowest BCUT2D eigenvalue weighted by Gasteiger charge is -2.40. The number of rotatable bonds is 6. The van der Waals surface area contributed by atoms with Crippen LogP contribution in [0, 0.1) is 12.3 Å². The highest BCUT2D eigenvalue weighted by Crippen LogP contribution is 2.37. The Hall–Kier alpha value is -1.37. The largest absolute Gasteiger partial charge is 0.495 e. The van der Waals surface area contributed by atoms with Gasteiger partial charge in [-0.05, 0) is 43.9 Å². The van der Waals surface area contributed by atoms with Crippen molar-refractivity contribution in [3.63, 3.8) is 0 Å². The lowest BCUT2D eigenvalue weighted by Crippen LogP contribution is -2.47. The number of piperidine rings is 1. The molecule has 1 aliphatic heterocycles. The van der Waals surface area contributed by atoms with Crippen molar-refractivity contribution in [2.24, 2.45) is 5.41 Å². The van der Waals surface area contributed by atoms with Crippen molar-refractivity contribution >= 4 is 10.0 Å². The molecule has 1 aliphatic rings. The molecule has 0 unspecified atom stereocenters. The molecule has 128 valence electrons. The smallest absolute Gasteiger partial charge is 0.246 e. The number of hydrogen-bond acceptors (Lipinski definition) is 4. The zero-order chi connectivity index (χ0) is 17.1. The highest BCUT2D eigenvalue weighted by molar-refractivity contribution is 7.89. The van der Waals surface area contributed by atoms with E-state index >= 15 is 0 Å². The minimum absolute atomic E-state index is 0.0456. The Morgan fingerprint density at radius 2 is 2.22 bits per heavy atom. The molecule has 6 heteroatoms. The molecule has 0 bridgehead atoms. The fourth-order valence-electron chi connectivity index (χ4n) is 3.16. The van der Waals surface area contributed by atoms with Crippen LogP contribution in [-0.2, 0) is 10.0 Å². The van der Waals surface area contributed by atoms with Gasteiger partial charge < -0.3 is 9.84 Å². The van der Waals surface area contributed by atoms with Crippen molar-refractivity contribution < 1.29 is 18.3 Å². The van der Waals surface area contributed by atoms with Crippen LogP contribution in [0.25, 0.3) is 0 Å². The van der Waals surface area contributed by atoms with Crippen LogP contribution < -0.4 is 4.74 Å². The zero-order valence-electron chi connectivity index (χ0n) is 13.8. The van der Waals surface area contributed by atoms with Gasteiger partial charge in [0.25, 0.3) is 0 Å². The van der Waals surface area contributed by atoms with Gasteiger partial charge in [-0.25, -0.2) is 8.42 Å². The topological polar surface area (TPSA) is 66.8 Å². The summed E-state index contributed by atoms with van der Waals surface area (Å²) in [5.74, 6) is 0.347. The average molecular weight is 339 g/mol.